The summed E-state index contributed by atoms with van der Waals surface area (Å²) >= 11 is 0. The van der Waals surface area contributed by atoms with E-state index in [1.54, 1.807) is 25.4 Å². The fourth-order valence-corrected chi connectivity index (χ4v) is 0.752. The van der Waals surface area contributed by atoms with Crippen molar-refractivity contribution in [3.05, 3.63) is 23.9 Å². The molecular formula is C8H9NO. The summed E-state index contributed by atoms with van der Waals surface area (Å²) < 4.78 is 0. The lowest BCUT2D eigenvalue weighted by atomic mass is 10.1. The van der Waals surface area contributed by atoms with Crippen molar-refractivity contribution in [1.82, 2.24) is 0 Å². The van der Waals surface area contributed by atoms with Gasteiger partial charge in [-0.15, -0.1) is 0 Å². The second-order valence-electron chi connectivity index (χ2n) is 2.14. The second-order valence-corrected chi connectivity index (χ2v) is 2.14. The monoisotopic (exact) mass is 135 g/mol. The van der Waals surface area contributed by atoms with Crippen molar-refractivity contribution in [1.29, 1.82) is 0 Å². The van der Waals surface area contributed by atoms with Crippen LogP contribution in [0.15, 0.2) is 28.9 Å². The fourth-order valence-electron chi connectivity index (χ4n) is 0.752. The van der Waals surface area contributed by atoms with Crippen LogP contribution in [0.5, 0.6) is 0 Å². The van der Waals surface area contributed by atoms with Gasteiger partial charge in [0.2, 0.25) is 0 Å². The number of rotatable bonds is 1. The molecule has 52 valence electrons. The molecule has 0 aromatic rings. The number of aliphatic imine (C=N–C) groups is 1. The largest absolute Gasteiger partial charge is 0.295 e. The molecule has 0 aromatic carbocycles. The van der Waals surface area contributed by atoms with Crippen LogP contribution in [-0.2, 0) is 4.79 Å². The Balaban J connectivity index is 2.78. The third-order valence-corrected chi connectivity index (χ3v) is 1.34. The molecule has 0 radical (unpaired) electrons. The minimum atomic E-state index is 0.123. The second kappa shape index (κ2) is 3.11. The Morgan fingerprint density at radius 2 is 2.50 bits per heavy atom. The van der Waals surface area contributed by atoms with Crippen molar-refractivity contribution in [3.8, 4) is 0 Å². The molecule has 2 nitrogen and oxygen atoms in total. The zero-order chi connectivity index (χ0) is 7.40. The summed E-state index contributed by atoms with van der Waals surface area (Å²) in [6, 6.07) is 0. The first kappa shape index (κ1) is 6.93. The molecule has 1 aliphatic rings. The maximum Gasteiger partial charge on any atom is 0.156 e. The molecule has 0 saturated heterocycles. The van der Waals surface area contributed by atoms with Crippen molar-refractivity contribution in [2.75, 3.05) is 0 Å². The van der Waals surface area contributed by atoms with Gasteiger partial charge in [-0.3, -0.25) is 9.79 Å². The highest BCUT2D eigenvalue weighted by Crippen LogP contribution is 2.05. The van der Waals surface area contributed by atoms with Crippen molar-refractivity contribution in [2.24, 2.45) is 4.99 Å². The van der Waals surface area contributed by atoms with E-state index in [2.05, 4.69) is 4.99 Å². The van der Waals surface area contributed by atoms with Gasteiger partial charge < -0.3 is 0 Å². The fraction of sp³-hybridized carbons (Fsp3) is 0.250. The molecule has 0 aromatic heterocycles. The summed E-state index contributed by atoms with van der Waals surface area (Å²) in [5, 5.41) is 0. The van der Waals surface area contributed by atoms with E-state index in [0.29, 0.717) is 6.42 Å². The SMILES string of the molecule is CC(=O)C1=CC=NC=CC1. The zero-order valence-corrected chi connectivity index (χ0v) is 5.87. The summed E-state index contributed by atoms with van der Waals surface area (Å²) in [6.07, 6.45) is 7.67. The average molecular weight is 135 g/mol. The zero-order valence-electron chi connectivity index (χ0n) is 5.87. The molecule has 10 heavy (non-hydrogen) atoms. The topological polar surface area (TPSA) is 29.4 Å². The van der Waals surface area contributed by atoms with Crippen LogP contribution in [0.2, 0.25) is 0 Å². The Labute approximate surface area is 60.0 Å². The molecule has 0 bridgehead atoms. The van der Waals surface area contributed by atoms with E-state index in [1.807, 2.05) is 6.08 Å². The highest BCUT2D eigenvalue weighted by Gasteiger charge is 2.00. The minimum absolute atomic E-state index is 0.123. The van der Waals surface area contributed by atoms with Crippen LogP contribution >= 0.6 is 0 Å². The third-order valence-electron chi connectivity index (χ3n) is 1.34. The van der Waals surface area contributed by atoms with Crippen molar-refractivity contribution in [2.45, 2.75) is 13.3 Å². The molecule has 0 atom stereocenters. The maximum atomic E-state index is 10.8. The first-order valence-corrected chi connectivity index (χ1v) is 3.19. The maximum absolute atomic E-state index is 10.8. The first-order valence-electron chi connectivity index (χ1n) is 3.19. The van der Waals surface area contributed by atoms with Crippen molar-refractivity contribution >= 4 is 12.0 Å². The Kier molecular flexibility index (Phi) is 2.15. The molecule has 0 aliphatic carbocycles. The Morgan fingerprint density at radius 3 is 3.20 bits per heavy atom. The number of carbonyl (C=O) groups is 1. The summed E-state index contributed by atoms with van der Waals surface area (Å²) in [7, 11) is 0. The van der Waals surface area contributed by atoms with Crippen LogP contribution in [-0.4, -0.2) is 12.0 Å². The van der Waals surface area contributed by atoms with Gasteiger partial charge in [0.25, 0.3) is 0 Å². The average Bonchev–Trinajstić information content (AvgIpc) is 2.12. The van der Waals surface area contributed by atoms with Gasteiger partial charge in [-0.2, -0.15) is 0 Å². The highest BCUT2D eigenvalue weighted by atomic mass is 16.1. The van der Waals surface area contributed by atoms with Crippen LogP contribution in [0.3, 0.4) is 0 Å². The Bertz CT molecular complexity index is 223. The van der Waals surface area contributed by atoms with Gasteiger partial charge in [-0.05, 0) is 19.4 Å². The molecule has 0 unspecified atom stereocenters. The van der Waals surface area contributed by atoms with E-state index in [0.717, 1.165) is 5.57 Å². The van der Waals surface area contributed by atoms with Gasteiger partial charge in [0.05, 0.1) is 0 Å². The highest BCUT2D eigenvalue weighted by molar-refractivity contribution is 5.97. The Morgan fingerprint density at radius 1 is 1.70 bits per heavy atom. The molecule has 0 fully saturated rings. The molecule has 0 saturated carbocycles. The number of hydrogen-bond donors (Lipinski definition) is 0. The van der Waals surface area contributed by atoms with Gasteiger partial charge in [-0.25, -0.2) is 0 Å². The molecule has 1 heterocycles. The molecule has 0 N–H and O–H groups in total. The number of Topliss-reactive ketones (excluding diaryl/α,β-unsaturated/α-hetero) is 1. The predicted octanol–water partition coefficient (Wildman–Crippen LogP) is 1.49. The van der Waals surface area contributed by atoms with E-state index in [4.69, 9.17) is 0 Å². The molecule has 0 amide bonds. The third kappa shape index (κ3) is 1.65. The lowest BCUT2D eigenvalue weighted by Gasteiger charge is -1.93. The number of allylic oxidation sites excluding steroid dienone is 3. The summed E-state index contributed by atoms with van der Waals surface area (Å²) in [5.41, 5.74) is 0.817. The lowest BCUT2D eigenvalue weighted by molar-refractivity contribution is -0.113. The summed E-state index contributed by atoms with van der Waals surface area (Å²) in [4.78, 5) is 14.7. The van der Waals surface area contributed by atoms with Gasteiger partial charge >= 0.3 is 0 Å². The summed E-state index contributed by atoms with van der Waals surface area (Å²) in [6.45, 7) is 1.57. The summed E-state index contributed by atoms with van der Waals surface area (Å²) in [5.74, 6) is 0.123. The molecule has 0 spiro atoms. The standard InChI is InChI=1S/C8H9NO/c1-7(10)8-3-2-5-9-6-4-8/h2,4-6H,3H2,1H3. The van der Waals surface area contributed by atoms with Gasteiger partial charge in [0, 0.05) is 18.0 Å². The number of nitrogens with zero attached hydrogens (tertiary/aromatic N) is 1. The quantitative estimate of drug-likeness (QED) is 0.535. The van der Waals surface area contributed by atoms with Crippen molar-refractivity contribution < 1.29 is 4.79 Å². The Hall–Kier alpha value is -1.18. The smallest absolute Gasteiger partial charge is 0.156 e. The normalized spacial score (nSPS) is 16.3. The first-order chi connectivity index (χ1) is 4.80. The van der Waals surface area contributed by atoms with Crippen LogP contribution in [0.4, 0.5) is 0 Å². The van der Waals surface area contributed by atoms with E-state index in [1.165, 1.54) is 0 Å². The van der Waals surface area contributed by atoms with Gasteiger partial charge in [0.15, 0.2) is 5.78 Å². The van der Waals surface area contributed by atoms with E-state index in [-0.39, 0.29) is 5.78 Å². The van der Waals surface area contributed by atoms with Crippen LogP contribution in [0.1, 0.15) is 13.3 Å². The molecule has 1 aliphatic heterocycles. The van der Waals surface area contributed by atoms with Crippen LogP contribution in [0, 0.1) is 0 Å². The van der Waals surface area contributed by atoms with Crippen molar-refractivity contribution in [3.63, 3.8) is 0 Å². The van der Waals surface area contributed by atoms with Gasteiger partial charge in [0.1, 0.15) is 0 Å². The molecule has 1 rings (SSSR count). The number of carbonyl (C=O) groups excluding carboxylic acids is 1. The van der Waals surface area contributed by atoms with E-state index < -0.39 is 0 Å². The van der Waals surface area contributed by atoms with Crippen LogP contribution < -0.4 is 0 Å². The predicted molar refractivity (Wildman–Crippen MR) is 41.0 cm³/mol. The van der Waals surface area contributed by atoms with E-state index >= 15 is 0 Å². The molecule has 2 heteroatoms. The number of hydrogen-bond acceptors (Lipinski definition) is 2. The molecular weight excluding hydrogens is 126 g/mol. The minimum Gasteiger partial charge on any atom is -0.295 e. The number of ketones is 1. The van der Waals surface area contributed by atoms with Gasteiger partial charge in [-0.1, -0.05) is 6.08 Å². The van der Waals surface area contributed by atoms with E-state index in [9.17, 15) is 4.79 Å². The van der Waals surface area contributed by atoms with Crippen LogP contribution in [0.25, 0.3) is 0 Å². The lowest BCUT2D eigenvalue weighted by Crippen LogP contribution is -1.94.